The van der Waals surface area contributed by atoms with E-state index in [9.17, 15) is 5.11 Å². The average molecular weight is 347 g/mol. The molecule has 0 radical (unpaired) electrons. The highest BCUT2D eigenvalue weighted by Crippen LogP contribution is 2.36. The van der Waals surface area contributed by atoms with Crippen LogP contribution >= 0.6 is 0 Å². The highest BCUT2D eigenvalue weighted by molar-refractivity contribution is 5.75. The number of hydrogen-bond acceptors (Lipinski definition) is 4. The smallest absolute Gasteiger partial charge is 0.147 e. The van der Waals surface area contributed by atoms with Crippen molar-refractivity contribution in [3.63, 3.8) is 0 Å². The maximum Gasteiger partial charge on any atom is 0.147 e. The third kappa shape index (κ3) is 3.56. The van der Waals surface area contributed by atoms with E-state index in [1.807, 2.05) is 36.5 Å². The second-order valence-corrected chi connectivity index (χ2v) is 7.39. The molecule has 0 amide bonds. The lowest BCUT2D eigenvalue weighted by atomic mass is 9.76. The molecule has 1 aliphatic rings. The molecular formula is C22H25N3O. The molecule has 2 heterocycles. The molecule has 1 aliphatic heterocycles. The van der Waals surface area contributed by atoms with Crippen molar-refractivity contribution in [1.29, 1.82) is 0 Å². The Morgan fingerprint density at radius 1 is 1.00 bits per heavy atom. The number of aliphatic hydroxyl groups excluding tert-OH is 1. The number of para-hydroxylation sites is 2. The van der Waals surface area contributed by atoms with Gasteiger partial charge in [0.15, 0.2) is 0 Å². The maximum atomic E-state index is 10.2. The van der Waals surface area contributed by atoms with Gasteiger partial charge < -0.3 is 10.0 Å². The molecule has 1 fully saturated rings. The number of aliphatic hydroxyl groups is 1. The lowest BCUT2D eigenvalue weighted by Gasteiger charge is -2.42. The summed E-state index contributed by atoms with van der Waals surface area (Å²) in [5.41, 5.74) is 3.12. The summed E-state index contributed by atoms with van der Waals surface area (Å²) in [6.45, 7) is 2.03. The predicted octanol–water partition coefficient (Wildman–Crippen LogP) is 3.84. The number of nitrogens with zero attached hydrogens (tertiary/aromatic N) is 3. The van der Waals surface area contributed by atoms with Crippen LogP contribution in [0.3, 0.4) is 0 Å². The molecule has 0 spiro atoms. The van der Waals surface area contributed by atoms with Crippen molar-refractivity contribution < 1.29 is 5.11 Å². The van der Waals surface area contributed by atoms with E-state index in [0.29, 0.717) is 0 Å². The fourth-order valence-corrected chi connectivity index (χ4v) is 3.97. The van der Waals surface area contributed by atoms with Gasteiger partial charge in [-0.25, -0.2) is 4.98 Å². The molecule has 0 saturated carbocycles. The molecule has 0 unspecified atom stereocenters. The van der Waals surface area contributed by atoms with Crippen LogP contribution in [0.5, 0.6) is 0 Å². The number of rotatable bonds is 5. The van der Waals surface area contributed by atoms with Gasteiger partial charge in [-0.1, -0.05) is 42.5 Å². The molecule has 26 heavy (non-hydrogen) atoms. The van der Waals surface area contributed by atoms with Crippen LogP contribution < -0.4 is 4.90 Å². The lowest BCUT2D eigenvalue weighted by Crippen LogP contribution is -2.46. The van der Waals surface area contributed by atoms with E-state index in [2.05, 4.69) is 34.1 Å². The van der Waals surface area contributed by atoms with Crippen LogP contribution in [0.25, 0.3) is 11.0 Å². The van der Waals surface area contributed by atoms with Crippen LogP contribution in [0.2, 0.25) is 0 Å². The molecule has 134 valence electrons. The highest BCUT2D eigenvalue weighted by atomic mass is 16.3. The Bertz CT molecular complexity index is 867. The van der Waals surface area contributed by atoms with Crippen molar-refractivity contribution in [1.82, 2.24) is 9.97 Å². The number of benzene rings is 2. The quantitative estimate of drug-likeness (QED) is 0.762. The summed E-state index contributed by atoms with van der Waals surface area (Å²) in [7, 11) is 0. The third-order valence-electron chi connectivity index (χ3n) is 5.54. The van der Waals surface area contributed by atoms with E-state index < -0.39 is 0 Å². The van der Waals surface area contributed by atoms with Crippen molar-refractivity contribution in [2.75, 3.05) is 24.6 Å². The molecule has 0 bridgehead atoms. The molecule has 2 aromatic carbocycles. The van der Waals surface area contributed by atoms with Gasteiger partial charge in [0.05, 0.1) is 23.8 Å². The van der Waals surface area contributed by atoms with Crippen LogP contribution in [-0.4, -0.2) is 34.8 Å². The predicted molar refractivity (Wildman–Crippen MR) is 105 cm³/mol. The summed E-state index contributed by atoms with van der Waals surface area (Å²) < 4.78 is 0. The largest absolute Gasteiger partial charge is 0.396 e. The molecule has 1 aromatic heterocycles. The van der Waals surface area contributed by atoms with Crippen LogP contribution in [0.1, 0.15) is 24.8 Å². The fourth-order valence-electron chi connectivity index (χ4n) is 3.97. The zero-order valence-electron chi connectivity index (χ0n) is 15.0. The van der Waals surface area contributed by atoms with Gasteiger partial charge in [-0.3, -0.25) is 4.98 Å². The van der Waals surface area contributed by atoms with E-state index in [-0.39, 0.29) is 12.0 Å². The van der Waals surface area contributed by atoms with E-state index in [4.69, 9.17) is 4.98 Å². The fraction of sp³-hybridized carbons (Fsp3) is 0.364. The molecule has 0 aliphatic carbocycles. The monoisotopic (exact) mass is 347 g/mol. The Morgan fingerprint density at radius 3 is 2.58 bits per heavy atom. The van der Waals surface area contributed by atoms with Gasteiger partial charge in [0.2, 0.25) is 0 Å². The average Bonchev–Trinajstić information content (AvgIpc) is 2.73. The minimum absolute atomic E-state index is 0.0680. The van der Waals surface area contributed by atoms with E-state index >= 15 is 0 Å². The first-order chi connectivity index (χ1) is 12.8. The Labute approximate surface area is 154 Å². The molecule has 1 saturated heterocycles. The summed E-state index contributed by atoms with van der Waals surface area (Å²) in [5.74, 6) is 0.918. The summed E-state index contributed by atoms with van der Waals surface area (Å²) in [6.07, 6.45) is 5.99. The summed E-state index contributed by atoms with van der Waals surface area (Å²) in [5, 5.41) is 10.2. The van der Waals surface area contributed by atoms with Crippen LogP contribution in [0.4, 0.5) is 5.82 Å². The minimum atomic E-state index is -0.0680. The molecule has 1 atom stereocenters. The Kier molecular flexibility index (Phi) is 4.85. The number of aryl methyl sites for hydroxylation is 1. The molecule has 4 heteroatoms. The van der Waals surface area contributed by atoms with E-state index in [1.54, 1.807) is 0 Å². The van der Waals surface area contributed by atoms with Gasteiger partial charge in [0.1, 0.15) is 5.82 Å². The van der Waals surface area contributed by atoms with E-state index in [1.165, 1.54) is 5.56 Å². The number of anilines is 1. The number of aromatic nitrogens is 2. The first kappa shape index (κ1) is 17.0. The van der Waals surface area contributed by atoms with Gasteiger partial charge in [-0.05, 0) is 43.4 Å². The first-order valence-corrected chi connectivity index (χ1v) is 9.40. The van der Waals surface area contributed by atoms with Crippen molar-refractivity contribution in [2.24, 2.45) is 5.41 Å². The van der Waals surface area contributed by atoms with Gasteiger partial charge in [0, 0.05) is 18.5 Å². The van der Waals surface area contributed by atoms with Crippen molar-refractivity contribution in [3.8, 4) is 0 Å². The highest BCUT2D eigenvalue weighted by Gasteiger charge is 2.35. The Balaban J connectivity index is 1.52. The van der Waals surface area contributed by atoms with Crippen LogP contribution in [-0.2, 0) is 6.42 Å². The third-order valence-corrected chi connectivity index (χ3v) is 5.54. The Morgan fingerprint density at radius 2 is 1.77 bits per heavy atom. The van der Waals surface area contributed by atoms with E-state index in [0.717, 1.165) is 55.6 Å². The zero-order valence-corrected chi connectivity index (χ0v) is 15.0. The van der Waals surface area contributed by atoms with Crippen molar-refractivity contribution in [3.05, 3.63) is 66.4 Å². The maximum absolute atomic E-state index is 10.2. The lowest BCUT2D eigenvalue weighted by molar-refractivity contribution is 0.0963. The zero-order chi connectivity index (χ0) is 17.8. The van der Waals surface area contributed by atoms with Crippen LogP contribution in [0, 0.1) is 5.41 Å². The van der Waals surface area contributed by atoms with Crippen molar-refractivity contribution >= 4 is 16.9 Å². The molecule has 1 N–H and O–H groups in total. The number of fused-ring (bicyclic) bond motifs is 1. The van der Waals surface area contributed by atoms with Gasteiger partial charge >= 0.3 is 0 Å². The van der Waals surface area contributed by atoms with Crippen LogP contribution in [0.15, 0.2) is 60.8 Å². The summed E-state index contributed by atoms with van der Waals surface area (Å²) in [4.78, 5) is 11.7. The second kappa shape index (κ2) is 7.42. The molecular weight excluding hydrogens is 322 g/mol. The van der Waals surface area contributed by atoms with Gasteiger partial charge in [-0.2, -0.15) is 0 Å². The summed E-state index contributed by atoms with van der Waals surface area (Å²) in [6, 6.07) is 18.5. The van der Waals surface area contributed by atoms with Crippen molar-refractivity contribution in [2.45, 2.75) is 25.7 Å². The topological polar surface area (TPSA) is 49.2 Å². The molecule has 4 nitrogen and oxygen atoms in total. The standard InChI is InChI=1S/C22H25N3O/c26-17-22(13-11-18-7-2-1-3-8-18)12-6-14-25(16-22)21-15-23-19-9-4-5-10-20(19)24-21/h1-5,7-10,15,26H,6,11-14,16-17H2/t22-/m0/s1. The molecule has 4 rings (SSSR count). The normalized spacial score (nSPS) is 20.4. The summed E-state index contributed by atoms with van der Waals surface area (Å²) >= 11 is 0. The second-order valence-electron chi connectivity index (χ2n) is 7.39. The number of piperidine rings is 1. The number of hydrogen-bond donors (Lipinski definition) is 1. The minimum Gasteiger partial charge on any atom is -0.396 e. The van der Waals surface area contributed by atoms with Gasteiger partial charge in [0.25, 0.3) is 0 Å². The first-order valence-electron chi connectivity index (χ1n) is 9.40. The van der Waals surface area contributed by atoms with Gasteiger partial charge in [-0.15, -0.1) is 0 Å². The SMILES string of the molecule is OC[C@]1(CCc2ccccc2)CCCN(c2cnc3ccccc3n2)C1. The Hall–Kier alpha value is -2.46. The molecule has 3 aromatic rings.